The number of halogens is 1. The van der Waals surface area contributed by atoms with Gasteiger partial charge in [0.2, 0.25) is 5.91 Å². The first-order valence-corrected chi connectivity index (χ1v) is 7.90. The average Bonchev–Trinajstić information content (AvgIpc) is 2.67. The molecule has 0 aromatic heterocycles. The van der Waals surface area contributed by atoms with E-state index in [9.17, 15) is 4.79 Å². The predicted molar refractivity (Wildman–Crippen MR) is 84.2 cm³/mol. The lowest BCUT2D eigenvalue weighted by Crippen LogP contribution is -2.27. The molecule has 2 rings (SSSR count). The number of ether oxygens (including phenoxy) is 1. The number of carbonyl (C=O) groups is 1. The van der Waals surface area contributed by atoms with Gasteiger partial charge in [-0.1, -0.05) is 20.3 Å². The number of benzene rings is 1. The summed E-state index contributed by atoms with van der Waals surface area (Å²) in [5.41, 5.74) is 1.81. The van der Waals surface area contributed by atoms with E-state index in [4.69, 9.17) is 4.74 Å². The van der Waals surface area contributed by atoms with Gasteiger partial charge in [-0.05, 0) is 41.9 Å². The van der Waals surface area contributed by atoms with Gasteiger partial charge in [-0.15, -0.1) is 0 Å². The van der Waals surface area contributed by atoms with Crippen LogP contribution in [0, 0.1) is 0 Å². The van der Waals surface area contributed by atoms with Crippen LogP contribution in [0.5, 0.6) is 5.75 Å². The molecule has 1 aliphatic rings. The SMILES string of the molecule is CCCC(C)Oc1cc2c(cc1Br)C(NCC)C(=O)N2. The van der Waals surface area contributed by atoms with Crippen LogP contribution in [0.2, 0.25) is 0 Å². The van der Waals surface area contributed by atoms with Crippen molar-refractivity contribution in [3.63, 3.8) is 0 Å². The molecule has 4 nitrogen and oxygen atoms in total. The second kappa shape index (κ2) is 6.59. The fourth-order valence-electron chi connectivity index (χ4n) is 2.44. The van der Waals surface area contributed by atoms with Gasteiger partial charge in [-0.3, -0.25) is 4.79 Å². The third-order valence-electron chi connectivity index (χ3n) is 3.37. The van der Waals surface area contributed by atoms with E-state index >= 15 is 0 Å². The molecule has 1 amide bonds. The van der Waals surface area contributed by atoms with Crippen LogP contribution >= 0.6 is 15.9 Å². The first kappa shape index (κ1) is 15.3. The van der Waals surface area contributed by atoms with Gasteiger partial charge >= 0.3 is 0 Å². The Hall–Kier alpha value is -1.07. The van der Waals surface area contributed by atoms with E-state index in [0.29, 0.717) is 0 Å². The van der Waals surface area contributed by atoms with Crippen LogP contribution in [0.3, 0.4) is 0 Å². The lowest BCUT2D eigenvalue weighted by Gasteiger charge is -2.16. The maximum absolute atomic E-state index is 11.9. The zero-order chi connectivity index (χ0) is 14.7. The highest BCUT2D eigenvalue weighted by molar-refractivity contribution is 9.10. The van der Waals surface area contributed by atoms with Gasteiger partial charge in [0.25, 0.3) is 0 Å². The number of rotatable bonds is 6. The van der Waals surface area contributed by atoms with Crippen LogP contribution in [0.4, 0.5) is 5.69 Å². The second-order valence-corrected chi connectivity index (χ2v) is 5.92. The minimum Gasteiger partial charge on any atom is -0.489 e. The first-order valence-electron chi connectivity index (χ1n) is 7.11. The summed E-state index contributed by atoms with van der Waals surface area (Å²) in [6.45, 7) is 6.94. The van der Waals surface area contributed by atoms with Gasteiger partial charge in [0, 0.05) is 17.3 Å². The molecule has 1 aliphatic heterocycles. The minimum absolute atomic E-state index is 0.00694. The van der Waals surface area contributed by atoms with Crippen molar-refractivity contribution in [2.45, 2.75) is 45.8 Å². The van der Waals surface area contributed by atoms with Crippen LogP contribution < -0.4 is 15.4 Å². The van der Waals surface area contributed by atoms with Gasteiger partial charge in [0.15, 0.2) is 0 Å². The molecular formula is C15H21BrN2O2. The summed E-state index contributed by atoms with van der Waals surface area (Å²) in [6.07, 6.45) is 2.26. The summed E-state index contributed by atoms with van der Waals surface area (Å²) >= 11 is 3.54. The molecule has 0 bridgehead atoms. The Morgan fingerprint density at radius 2 is 2.20 bits per heavy atom. The molecule has 20 heavy (non-hydrogen) atoms. The van der Waals surface area contributed by atoms with E-state index in [1.807, 2.05) is 19.1 Å². The highest BCUT2D eigenvalue weighted by Crippen LogP contribution is 2.39. The van der Waals surface area contributed by atoms with Crippen molar-refractivity contribution >= 4 is 27.5 Å². The molecule has 5 heteroatoms. The van der Waals surface area contributed by atoms with Gasteiger partial charge in [0.1, 0.15) is 11.8 Å². The topological polar surface area (TPSA) is 50.4 Å². The van der Waals surface area contributed by atoms with Crippen LogP contribution in [0.15, 0.2) is 16.6 Å². The van der Waals surface area contributed by atoms with Gasteiger partial charge in [-0.25, -0.2) is 0 Å². The fraction of sp³-hybridized carbons (Fsp3) is 0.533. The van der Waals surface area contributed by atoms with Crippen LogP contribution in [0.25, 0.3) is 0 Å². The van der Waals surface area contributed by atoms with E-state index in [2.05, 4.69) is 40.4 Å². The molecular weight excluding hydrogens is 320 g/mol. The normalized spacial score (nSPS) is 18.6. The van der Waals surface area contributed by atoms with Crippen molar-refractivity contribution in [3.05, 3.63) is 22.2 Å². The molecule has 0 spiro atoms. The third-order valence-corrected chi connectivity index (χ3v) is 3.99. The summed E-state index contributed by atoms with van der Waals surface area (Å²) in [4.78, 5) is 11.9. The summed E-state index contributed by atoms with van der Waals surface area (Å²) in [5, 5.41) is 6.09. The Bertz CT molecular complexity index is 505. The number of nitrogens with one attached hydrogen (secondary N) is 2. The number of hydrogen-bond acceptors (Lipinski definition) is 3. The van der Waals surface area contributed by atoms with Crippen molar-refractivity contribution in [1.82, 2.24) is 5.32 Å². The number of hydrogen-bond donors (Lipinski definition) is 2. The maximum atomic E-state index is 11.9. The largest absolute Gasteiger partial charge is 0.489 e. The Balaban J connectivity index is 2.24. The zero-order valence-electron chi connectivity index (χ0n) is 12.1. The third kappa shape index (κ3) is 3.15. The van der Waals surface area contributed by atoms with Crippen molar-refractivity contribution in [2.24, 2.45) is 0 Å². The highest BCUT2D eigenvalue weighted by Gasteiger charge is 2.31. The average molecular weight is 341 g/mol. The molecule has 110 valence electrons. The van der Waals surface area contributed by atoms with Crippen LogP contribution in [0.1, 0.15) is 45.2 Å². The Kier molecular flexibility index (Phi) is 5.05. The lowest BCUT2D eigenvalue weighted by molar-refractivity contribution is -0.117. The molecule has 1 aromatic carbocycles. The minimum atomic E-state index is -0.270. The number of carbonyl (C=O) groups excluding carboxylic acids is 1. The van der Waals surface area contributed by atoms with E-state index in [-0.39, 0.29) is 18.1 Å². The van der Waals surface area contributed by atoms with Crippen molar-refractivity contribution in [3.8, 4) is 5.75 Å². The molecule has 0 saturated carbocycles. The second-order valence-electron chi connectivity index (χ2n) is 5.07. The smallest absolute Gasteiger partial charge is 0.246 e. The number of fused-ring (bicyclic) bond motifs is 1. The Labute approximate surface area is 128 Å². The number of likely N-dealkylation sites (N-methyl/N-ethyl adjacent to an activating group) is 1. The zero-order valence-corrected chi connectivity index (χ0v) is 13.7. The summed E-state index contributed by atoms with van der Waals surface area (Å²) < 4.78 is 6.81. The van der Waals surface area contributed by atoms with E-state index < -0.39 is 0 Å². The van der Waals surface area contributed by atoms with Crippen molar-refractivity contribution in [1.29, 1.82) is 0 Å². The first-order chi connectivity index (χ1) is 9.56. The van der Waals surface area contributed by atoms with E-state index in [1.54, 1.807) is 0 Å². The Morgan fingerprint density at radius 3 is 2.85 bits per heavy atom. The fourth-order valence-corrected chi connectivity index (χ4v) is 2.90. The summed E-state index contributed by atoms with van der Waals surface area (Å²) in [6, 6.07) is 3.60. The van der Waals surface area contributed by atoms with E-state index in [1.165, 1.54) is 0 Å². The van der Waals surface area contributed by atoms with E-state index in [0.717, 1.165) is 40.9 Å². The molecule has 2 atom stereocenters. The molecule has 1 heterocycles. The van der Waals surface area contributed by atoms with Gasteiger partial charge < -0.3 is 15.4 Å². The van der Waals surface area contributed by atoms with Gasteiger partial charge in [-0.2, -0.15) is 0 Å². The van der Waals surface area contributed by atoms with Crippen LogP contribution in [-0.2, 0) is 4.79 Å². The molecule has 0 saturated heterocycles. The molecule has 0 fully saturated rings. The lowest BCUT2D eigenvalue weighted by atomic mass is 10.1. The quantitative estimate of drug-likeness (QED) is 0.831. The highest BCUT2D eigenvalue weighted by atomic mass is 79.9. The standard InChI is InChI=1S/C15H21BrN2O2/c1-4-6-9(3)20-13-8-12-10(7-11(13)16)14(17-5-2)15(19)18-12/h7-9,14,17H,4-6H2,1-3H3,(H,18,19). The Morgan fingerprint density at radius 1 is 1.45 bits per heavy atom. The molecule has 2 unspecified atom stereocenters. The maximum Gasteiger partial charge on any atom is 0.246 e. The summed E-state index contributed by atoms with van der Waals surface area (Å²) in [7, 11) is 0. The predicted octanol–water partition coefficient (Wildman–Crippen LogP) is 3.62. The molecule has 1 aromatic rings. The monoisotopic (exact) mass is 340 g/mol. The van der Waals surface area contributed by atoms with Crippen molar-refractivity contribution in [2.75, 3.05) is 11.9 Å². The molecule has 0 aliphatic carbocycles. The van der Waals surface area contributed by atoms with Crippen molar-refractivity contribution < 1.29 is 9.53 Å². The van der Waals surface area contributed by atoms with Crippen LogP contribution in [-0.4, -0.2) is 18.6 Å². The molecule has 2 N–H and O–H groups in total. The summed E-state index contributed by atoms with van der Waals surface area (Å²) in [5.74, 6) is 0.773. The van der Waals surface area contributed by atoms with Gasteiger partial charge in [0.05, 0.1) is 10.6 Å². The molecule has 0 radical (unpaired) electrons. The number of anilines is 1. The number of amides is 1.